The highest BCUT2D eigenvalue weighted by Crippen LogP contribution is 2.16. The van der Waals surface area contributed by atoms with Crippen LogP contribution in [-0.4, -0.2) is 6.03 Å². The number of rotatable bonds is 2. The molecule has 13 heavy (non-hydrogen) atoms. The van der Waals surface area contributed by atoms with E-state index in [0.717, 1.165) is 3.57 Å². The summed E-state index contributed by atoms with van der Waals surface area (Å²) in [5.41, 5.74) is 5.27. The third kappa shape index (κ3) is 2.38. The van der Waals surface area contributed by atoms with Gasteiger partial charge in [0.2, 0.25) is 0 Å². The van der Waals surface area contributed by atoms with Crippen LogP contribution < -0.4 is 10.7 Å². The number of carbonyl (C=O) groups excluding carboxylic acids is 1. The van der Waals surface area contributed by atoms with Crippen molar-refractivity contribution in [3.05, 3.63) is 32.7 Å². The lowest BCUT2D eigenvalue weighted by atomic mass is 10.3. The molecule has 0 fully saturated rings. The quantitative estimate of drug-likeness (QED) is 0.513. The molecule has 0 spiro atoms. The van der Waals surface area contributed by atoms with Gasteiger partial charge in [-0.15, -0.1) is 9.92 Å². The Labute approximate surface area is 88.0 Å². The standard InChI is InChI=1S/C7H6IN3O2/c8-5-1-3-6(4-2-5)11(10-13)7(9)12/h1-4H,(H2,9,12). The van der Waals surface area contributed by atoms with Crippen molar-refractivity contribution in [2.24, 2.45) is 11.0 Å². The molecule has 5 nitrogen and oxygen atoms in total. The number of urea groups is 1. The lowest BCUT2D eigenvalue weighted by Crippen LogP contribution is -2.30. The minimum Gasteiger partial charge on any atom is -0.350 e. The van der Waals surface area contributed by atoms with Gasteiger partial charge in [0.15, 0.2) is 0 Å². The molecule has 1 aromatic rings. The molecule has 0 unspecified atom stereocenters. The second-order valence-corrected chi connectivity index (χ2v) is 3.45. The third-order valence-corrected chi connectivity index (χ3v) is 2.08. The van der Waals surface area contributed by atoms with Gasteiger partial charge in [0.25, 0.3) is 0 Å². The number of hydrogen-bond acceptors (Lipinski definition) is 3. The van der Waals surface area contributed by atoms with Gasteiger partial charge in [-0.1, -0.05) is 0 Å². The Balaban J connectivity index is 2.99. The SMILES string of the molecule is NC(=O)N(N=O)c1ccc(I)cc1. The molecule has 0 saturated heterocycles. The van der Waals surface area contributed by atoms with Crippen molar-refractivity contribution in [3.63, 3.8) is 0 Å². The molecule has 0 aliphatic rings. The number of amides is 2. The van der Waals surface area contributed by atoms with Gasteiger partial charge in [-0.3, -0.25) is 0 Å². The van der Waals surface area contributed by atoms with Crippen molar-refractivity contribution >= 4 is 34.3 Å². The molecule has 0 bridgehead atoms. The monoisotopic (exact) mass is 291 g/mol. The number of nitrogens with zero attached hydrogens (tertiary/aromatic N) is 2. The Morgan fingerprint density at radius 2 is 1.92 bits per heavy atom. The zero-order valence-corrected chi connectivity index (χ0v) is 8.63. The van der Waals surface area contributed by atoms with Crippen LogP contribution in [0, 0.1) is 8.48 Å². The topological polar surface area (TPSA) is 75.8 Å². The zero-order valence-electron chi connectivity index (χ0n) is 6.48. The Morgan fingerprint density at radius 1 is 1.38 bits per heavy atom. The highest BCUT2D eigenvalue weighted by atomic mass is 127. The number of nitrogens with two attached hydrogens (primary N) is 1. The molecule has 1 aromatic carbocycles. The lowest BCUT2D eigenvalue weighted by Gasteiger charge is -2.09. The molecule has 0 heterocycles. The van der Waals surface area contributed by atoms with Crippen LogP contribution >= 0.6 is 22.6 Å². The van der Waals surface area contributed by atoms with E-state index in [9.17, 15) is 9.70 Å². The molecule has 0 aromatic heterocycles. The molecule has 2 amide bonds. The molecule has 0 atom stereocenters. The predicted octanol–water partition coefficient (Wildman–Crippen LogP) is 1.86. The summed E-state index contributed by atoms with van der Waals surface area (Å²) in [6.07, 6.45) is 0. The Kier molecular flexibility index (Phi) is 3.18. The minimum absolute atomic E-state index is 0.364. The summed E-state index contributed by atoms with van der Waals surface area (Å²) in [6, 6.07) is 5.78. The van der Waals surface area contributed by atoms with Crippen LogP contribution in [-0.2, 0) is 0 Å². The van der Waals surface area contributed by atoms with Gasteiger partial charge in [-0.2, -0.15) is 0 Å². The first kappa shape index (κ1) is 9.90. The first-order valence-corrected chi connectivity index (χ1v) is 4.41. The largest absolute Gasteiger partial charge is 0.350 e. The Hall–Kier alpha value is -1.18. The van der Waals surface area contributed by atoms with Crippen LogP contribution in [0.2, 0.25) is 0 Å². The Bertz CT molecular complexity index is 325. The summed E-state index contributed by atoms with van der Waals surface area (Å²) < 4.78 is 0.997. The number of carbonyl (C=O) groups is 1. The summed E-state index contributed by atoms with van der Waals surface area (Å²) >= 11 is 2.11. The highest BCUT2D eigenvalue weighted by molar-refractivity contribution is 14.1. The normalized spacial score (nSPS) is 9.31. The smallest absolute Gasteiger partial charge is 0.342 e. The van der Waals surface area contributed by atoms with Crippen molar-refractivity contribution in [1.82, 2.24) is 0 Å². The number of benzene rings is 1. The number of halogens is 1. The van der Waals surface area contributed by atoms with Gasteiger partial charge in [-0.05, 0) is 46.9 Å². The van der Waals surface area contributed by atoms with Crippen LogP contribution in [0.4, 0.5) is 10.5 Å². The molecule has 68 valence electrons. The molecule has 1 rings (SSSR count). The van der Waals surface area contributed by atoms with Crippen LogP contribution in [0.1, 0.15) is 0 Å². The van der Waals surface area contributed by atoms with E-state index in [-0.39, 0.29) is 0 Å². The molecule has 0 aliphatic heterocycles. The summed E-state index contributed by atoms with van der Waals surface area (Å²) in [5, 5.41) is 3.09. The van der Waals surface area contributed by atoms with E-state index in [0.29, 0.717) is 10.7 Å². The summed E-state index contributed by atoms with van der Waals surface area (Å²) in [7, 11) is 0. The van der Waals surface area contributed by atoms with Crippen molar-refractivity contribution < 1.29 is 4.79 Å². The molecular weight excluding hydrogens is 285 g/mol. The van der Waals surface area contributed by atoms with Crippen LogP contribution in [0.15, 0.2) is 29.6 Å². The molecule has 0 aliphatic carbocycles. The van der Waals surface area contributed by atoms with E-state index in [1.807, 2.05) is 0 Å². The summed E-state index contributed by atoms with van der Waals surface area (Å²) in [5.74, 6) is 0. The molecular formula is C7H6IN3O2. The first-order valence-electron chi connectivity index (χ1n) is 3.33. The Morgan fingerprint density at radius 3 is 2.31 bits per heavy atom. The molecule has 6 heteroatoms. The average molecular weight is 291 g/mol. The number of primary amides is 1. The van der Waals surface area contributed by atoms with Crippen molar-refractivity contribution in [2.75, 3.05) is 5.01 Å². The second-order valence-electron chi connectivity index (χ2n) is 2.21. The van der Waals surface area contributed by atoms with Gasteiger partial charge in [0, 0.05) is 3.57 Å². The van der Waals surface area contributed by atoms with E-state index in [4.69, 9.17) is 5.73 Å². The predicted molar refractivity (Wildman–Crippen MR) is 57.0 cm³/mol. The molecule has 0 saturated carbocycles. The van der Waals surface area contributed by atoms with Crippen molar-refractivity contribution in [3.8, 4) is 0 Å². The van der Waals surface area contributed by atoms with Crippen molar-refractivity contribution in [1.29, 1.82) is 0 Å². The number of anilines is 1. The van der Waals surface area contributed by atoms with E-state index >= 15 is 0 Å². The molecule has 2 N–H and O–H groups in total. The van der Waals surface area contributed by atoms with E-state index in [1.54, 1.807) is 24.3 Å². The number of nitroso groups, excluding NO2 is 1. The van der Waals surface area contributed by atoms with E-state index in [2.05, 4.69) is 27.9 Å². The lowest BCUT2D eigenvalue weighted by molar-refractivity contribution is 0.254. The fourth-order valence-electron chi connectivity index (χ4n) is 0.797. The fraction of sp³-hybridized carbons (Fsp3) is 0. The van der Waals surface area contributed by atoms with Gasteiger partial charge in [-0.25, -0.2) is 4.79 Å². The highest BCUT2D eigenvalue weighted by Gasteiger charge is 2.11. The first-order chi connectivity index (χ1) is 6.15. The van der Waals surface area contributed by atoms with Gasteiger partial charge in [0.1, 0.15) is 0 Å². The van der Waals surface area contributed by atoms with E-state index in [1.165, 1.54) is 0 Å². The van der Waals surface area contributed by atoms with E-state index < -0.39 is 6.03 Å². The maximum absolute atomic E-state index is 10.7. The van der Waals surface area contributed by atoms with Gasteiger partial charge >= 0.3 is 6.03 Å². The summed E-state index contributed by atoms with van der Waals surface area (Å²) in [4.78, 5) is 20.9. The molecule has 0 radical (unpaired) electrons. The average Bonchev–Trinajstić information content (AvgIpc) is 2.09. The van der Waals surface area contributed by atoms with Gasteiger partial charge in [0.05, 0.1) is 11.0 Å². The fourth-order valence-corrected chi connectivity index (χ4v) is 1.16. The maximum atomic E-state index is 10.7. The summed E-state index contributed by atoms with van der Waals surface area (Å²) in [6.45, 7) is 0. The van der Waals surface area contributed by atoms with Crippen LogP contribution in [0.3, 0.4) is 0 Å². The van der Waals surface area contributed by atoms with Crippen LogP contribution in [0.5, 0.6) is 0 Å². The van der Waals surface area contributed by atoms with Crippen LogP contribution in [0.25, 0.3) is 0 Å². The zero-order chi connectivity index (χ0) is 9.84. The number of hydrogen-bond donors (Lipinski definition) is 1. The second kappa shape index (κ2) is 4.17. The third-order valence-electron chi connectivity index (χ3n) is 1.36. The maximum Gasteiger partial charge on any atom is 0.342 e. The van der Waals surface area contributed by atoms with Crippen molar-refractivity contribution in [2.45, 2.75) is 0 Å². The van der Waals surface area contributed by atoms with Gasteiger partial charge < -0.3 is 5.73 Å². The minimum atomic E-state index is -0.892.